The van der Waals surface area contributed by atoms with E-state index in [1.54, 1.807) is 13.2 Å². The second-order valence-electron chi connectivity index (χ2n) is 5.07. The van der Waals surface area contributed by atoms with Crippen LogP contribution in [0, 0.1) is 17.7 Å². The number of aliphatic carboxylic acids is 1. The van der Waals surface area contributed by atoms with Crippen molar-refractivity contribution in [3.05, 3.63) is 29.6 Å². The molecule has 4 nitrogen and oxygen atoms in total. The number of ether oxygens (including phenoxy) is 1. The SMILES string of the molecule is COc1ccc(F)cc1CN1CC(C)C(C(=O)O)C1. The highest BCUT2D eigenvalue weighted by Gasteiger charge is 2.34. The fourth-order valence-corrected chi connectivity index (χ4v) is 2.63. The van der Waals surface area contributed by atoms with Gasteiger partial charge < -0.3 is 9.84 Å². The van der Waals surface area contributed by atoms with E-state index >= 15 is 0 Å². The molecule has 0 radical (unpaired) electrons. The van der Waals surface area contributed by atoms with Gasteiger partial charge in [0, 0.05) is 25.2 Å². The number of nitrogens with zero attached hydrogens (tertiary/aromatic N) is 1. The predicted molar refractivity (Wildman–Crippen MR) is 68.5 cm³/mol. The Hall–Kier alpha value is -1.62. The third-order valence-corrected chi connectivity index (χ3v) is 3.64. The topological polar surface area (TPSA) is 49.8 Å². The molecule has 1 aliphatic heterocycles. The fourth-order valence-electron chi connectivity index (χ4n) is 2.63. The van der Waals surface area contributed by atoms with Crippen molar-refractivity contribution in [1.82, 2.24) is 4.90 Å². The van der Waals surface area contributed by atoms with Gasteiger partial charge in [0.25, 0.3) is 0 Å². The third-order valence-electron chi connectivity index (χ3n) is 3.64. The van der Waals surface area contributed by atoms with Gasteiger partial charge in [-0.05, 0) is 24.1 Å². The second kappa shape index (κ2) is 5.57. The smallest absolute Gasteiger partial charge is 0.308 e. The molecule has 0 amide bonds. The Morgan fingerprint density at radius 2 is 2.26 bits per heavy atom. The lowest BCUT2D eigenvalue weighted by Crippen LogP contribution is -2.23. The minimum atomic E-state index is -0.763. The Morgan fingerprint density at radius 3 is 2.84 bits per heavy atom. The van der Waals surface area contributed by atoms with Gasteiger partial charge in [0.1, 0.15) is 11.6 Å². The summed E-state index contributed by atoms with van der Waals surface area (Å²) in [4.78, 5) is 13.1. The number of carboxylic acids is 1. The van der Waals surface area contributed by atoms with Crippen molar-refractivity contribution >= 4 is 5.97 Å². The van der Waals surface area contributed by atoms with Gasteiger partial charge in [0.05, 0.1) is 13.0 Å². The number of rotatable bonds is 4. The number of carboxylic acid groups (broad SMARTS) is 1. The lowest BCUT2D eigenvalue weighted by Gasteiger charge is -2.17. The number of likely N-dealkylation sites (tertiary alicyclic amines) is 1. The zero-order chi connectivity index (χ0) is 14.0. The first-order chi connectivity index (χ1) is 9.01. The summed E-state index contributed by atoms with van der Waals surface area (Å²) in [6.45, 7) is 3.64. The lowest BCUT2D eigenvalue weighted by atomic mass is 9.99. The van der Waals surface area contributed by atoms with Crippen LogP contribution in [0.1, 0.15) is 12.5 Å². The standard InChI is InChI=1S/C14H18FNO3/c1-9-6-16(8-12(9)14(17)18)7-10-5-11(15)3-4-13(10)19-2/h3-5,9,12H,6-8H2,1-2H3,(H,17,18). The van der Waals surface area contributed by atoms with Crippen LogP contribution >= 0.6 is 0 Å². The fraction of sp³-hybridized carbons (Fsp3) is 0.500. The van der Waals surface area contributed by atoms with E-state index in [9.17, 15) is 9.18 Å². The van der Waals surface area contributed by atoms with Crippen LogP contribution in [0.5, 0.6) is 5.75 Å². The van der Waals surface area contributed by atoms with Crippen LogP contribution in [0.4, 0.5) is 4.39 Å². The van der Waals surface area contributed by atoms with Gasteiger partial charge in [-0.3, -0.25) is 9.69 Å². The Labute approximate surface area is 111 Å². The van der Waals surface area contributed by atoms with E-state index in [0.29, 0.717) is 25.4 Å². The maximum Gasteiger partial charge on any atom is 0.308 e. The van der Waals surface area contributed by atoms with E-state index in [4.69, 9.17) is 9.84 Å². The third kappa shape index (κ3) is 3.04. The van der Waals surface area contributed by atoms with Gasteiger partial charge in [-0.25, -0.2) is 4.39 Å². The van der Waals surface area contributed by atoms with Crippen LogP contribution in [0.15, 0.2) is 18.2 Å². The normalized spacial score (nSPS) is 23.5. The molecule has 104 valence electrons. The molecule has 0 spiro atoms. The molecule has 0 aliphatic carbocycles. The molecule has 0 aromatic heterocycles. The zero-order valence-electron chi connectivity index (χ0n) is 11.1. The van der Waals surface area contributed by atoms with Crippen molar-refractivity contribution in [2.75, 3.05) is 20.2 Å². The molecule has 19 heavy (non-hydrogen) atoms. The number of carbonyl (C=O) groups is 1. The van der Waals surface area contributed by atoms with E-state index in [-0.39, 0.29) is 17.7 Å². The maximum absolute atomic E-state index is 13.3. The summed E-state index contributed by atoms with van der Waals surface area (Å²) in [5, 5.41) is 9.10. The van der Waals surface area contributed by atoms with E-state index < -0.39 is 5.97 Å². The molecule has 1 N–H and O–H groups in total. The van der Waals surface area contributed by atoms with E-state index in [0.717, 1.165) is 5.56 Å². The largest absolute Gasteiger partial charge is 0.496 e. The molecule has 1 heterocycles. The van der Waals surface area contributed by atoms with Gasteiger partial charge in [0.15, 0.2) is 0 Å². The van der Waals surface area contributed by atoms with Crippen molar-refractivity contribution in [2.24, 2.45) is 11.8 Å². The molecule has 1 aromatic carbocycles. The molecule has 2 rings (SSSR count). The number of methoxy groups -OCH3 is 1. The number of halogens is 1. The average Bonchev–Trinajstić information content (AvgIpc) is 2.71. The molecule has 5 heteroatoms. The van der Waals surface area contributed by atoms with Crippen molar-refractivity contribution < 1.29 is 19.0 Å². The van der Waals surface area contributed by atoms with Gasteiger partial charge in [-0.1, -0.05) is 6.92 Å². The van der Waals surface area contributed by atoms with Crippen LogP contribution < -0.4 is 4.74 Å². The first kappa shape index (κ1) is 13.8. The first-order valence-corrected chi connectivity index (χ1v) is 6.29. The summed E-state index contributed by atoms with van der Waals surface area (Å²) in [5.74, 6) is -0.677. The molecule has 1 saturated heterocycles. The van der Waals surface area contributed by atoms with Crippen molar-refractivity contribution in [3.63, 3.8) is 0 Å². The minimum absolute atomic E-state index is 0.108. The molecule has 0 bridgehead atoms. The highest BCUT2D eigenvalue weighted by Crippen LogP contribution is 2.27. The van der Waals surface area contributed by atoms with Crippen LogP contribution in [-0.2, 0) is 11.3 Å². The van der Waals surface area contributed by atoms with E-state index in [2.05, 4.69) is 0 Å². The average molecular weight is 267 g/mol. The maximum atomic E-state index is 13.3. The Morgan fingerprint density at radius 1 is 1.53 bits per heavy atom. The molecular weight excluding hydrogens is 249 g/mol. The van der Waals surface area contributed by atoms with E-state index in [1.807, 2.05) is 11.8 Å². The lowest BCUT2D eigenvalue weighted by molar-refractivity contribution is -0.142. The second-order valence-corrected chi connectivity index (χ2v) is 5.07. The van der Waals surface area contributed by atoms with Gasteiger partial charge in [-0.15, -0.1) is 0 Å². The van der Waals surface area contributed by atoms with Crippen LogP contribution in [0.2, 0.25) is 0 Å². The molecule has 2 unspecified atom stereocenters. The van der Waals surface area contributed by atoms with Crippen molar-refractivity contribution in [2.45, 2.75) is 13.5 Å². The van der Waals surface area contributed by atoms with Crippen molar-refractivity contribution in [3.8, 4) is 5.75 Å². The molecule has 1 aliphatic rings. The molecule has 1 aromatic rings. The highest BCUT2D eigenvalue weighted by atomic mass is 19.1. The summed E-state index contributed by atoms with van der Waals surface area (Å²) >= 11 is 0. The predicted octanol–water partition coefficient (Wildman–Crippen LogP) is 1.99. The number of hydrogen-bond donors (Lipinski definition) is 1. The van der Waals surface area contributed by atoms with Crippen molar-refractivity contribution in [1.29, 1.82) is 0 Å². The van der Waals surface area contributed by atoms with Crippen LogP contribution in [0.25, 0.3) is 0 Å². The highest BCUT2D eigenvalue weighted by molar-refractivity contribution is 5.71. The molecule has 0 saturated carbocycles. The summed E-state index contributed by atoms with van der Waals surface area (Å²) in [7, 11) is 1.55. The summed E-state index contributed by atoms with van der Waals surface area (Å²) in [6, 6.07) is 4.39. The molecule has 1 fully saturated rings. The monoisotopic (exact) mass is 267 g/mol. The molecular formula is C14H18FNO3. The Balaban J connectivity index is 2.10. The Kier molecular flexibility index (Phi) is 4.04. The quantitative estimate of drug-likeness (QED) is 0.906. The van der Waals surface area contributed by atoms with Gasteiger partial charge >= 0.3 is 5.97 Å². The van der Waals surface area contributed by atoms with Crippen LogP contribution in [0.3, 0.4) is 0 Å². The minimum Gasteiger partial charge on any atom is -0.496 e. The summed E-state index contributed by atoms with van der Waals surface area (Å²) < 4.78 is 18.5. The Bertz CT molecular complexity index is 478. The zero-order valence-corrected chi connectivity index (χ0v) is 11.1. The number of hydrogen-bond acceptors (Lipinski definition) is 3. The van der Waals surface area contributed by atoms with Gasteiger partial charge in [-0.2, -0.15) is 0 Å². The van der Waals surface area contributed by atoms with Gasteiger partial charge in [0.2, 0.25) is 0 Å². The summed E-state index contributed by atoms with van der Waals surface area (Å²) in [5.41, 5.74) is 0.751. The molecule has 2 atom stereocenters. The first-order valence-electron chi connectivity index (χ1n) is 6.29. The number of benzene rings is 1. The van der Waals surface area contributed by atoms with Crippen LogP contribution in [-0.4, -0.2) is 36.2 Å². The van der Waals surface area contributed by atoms with E-state index in [1.165, 1.54) is 12.1 Å². The summed E-state index contributed by atoms with van der Waals surface area (Å²) in [6.07, 6.45) is 0.